The Morgan fingerprint density at radius 3 is 2.38 bits per heavy atom. The fourth-order valence-electron chi connectivity index (χ4n) is 3.26. The van der Waals surface area contributed by atoms with Gasteiger partial charge in [0.15, 0.2) is 0 Å². The summed E-state index contributed by atoms with van der Waals surface area (Å²) in [6.45, 7) is 2.77. The molecule has 0 amide bonds. The number of sulfonamides is 1. The topological polar surface area (TPSA) is 72.6 Å². The fourth-order valence-corrected chi connectivity index (χ4v) is 3.77. The molecule has 29 heavy (non-hydrogen) atoms. The van der Waals surface area contributed by atoms with Crippen LogP contribution in [0.1, 0.15) is 36.9 Å². The zero-order valence-corrected chi connectivity index (χ0v) is 16.7. The van der Waals surface area contributed by atoms with Crippen molar-refractivity contribution in [2.24, 2.45) is 5.14 Å². The van der Waals surface area contributed by atoms with Gasteiger partial charge >= 0.3 is 6.18 Å². The van der Waals surface area contributed by atoms with Gasteiger partial charge in [0.05, 0.1) is 10.5 Å². The minimum atomic E-state index is -4.37. The van der Waals surface area contributed by atoms with E-state index in [1.807, 2.05) is 6.92 Å². The minimum Gasteiger partial charge on any atom is -0.492 e. The van der Waals surface area contributed by atoms with Crippen LogP contribution in [-0.4, -0.2) is 32.5 Å². The second-order valence-corrected chi connectivity index (χ2v) is 8.69. The molecule has 3 rings (SSSR count). The number of alkyl halides is 3. The monoisotopic (exact) mass is 428 g/mol. The van der Waals surface area contributed by atoms with Gasteiger partial charge < -0.3 is 4.74 Å². The van der Waals surface area contributed by atoms with Crippen LogP contribution in [0.25, 0.3) is 0 Å². The van der Waals surface area contributed by atoms with Crippen molar-refractivity contribution in [2.45, 2.75) is 42.9 Å². The Bertz CT molecular complexity index is 942. The van der Waals surface area contributed by atoms with Crippen molar-refractivity contribution in [2.75, 3.05) is 13.2 Å². The Kier molecular flexibility index (Phi) is 6.21. The summed E-state index contributed by atoms with van der Waals surface area (Å²) in [4.78, 5) is 2.15. The molecule has 1 saturated carbocycles. The van der Waals surface area contributed by atoms with E-state index in [9.17, 15) is 21.6 Å². The molecule has 0 spiro atoms. The average Bonchev–Trinajstić information content (AvgIpc) is 3.49. The van der Waals surface area contributed by atoms with Gasteiger partial charge in [0.2, 0.25) is 10.0 Å². The van der Waals surface area contributed by atoms with E-state index in [0.717, 1.165) is 18.9 Å². The second kappa shape index (κ2) is 8.33. The molecule has 1 fully saturated rings. The lowest BCUT2D eigenvalue weighted by atomic mass is 10.0. The summed E-state index contributed by atoms with van der Waals surface area (Å²) in [5.74, 6) is 0.500. The zero-order chi connectivity index (χ0) is 21.2. The number of rotatable bonds is 8. The molecule has 0 bridgehead atoms. The molecule has 1 aliphatic carbocycles. The molecule has 2 N–H and O–H groups in total. The molecular weight excluding hydrogens is 405 g/mol. The number of nitrogens with two attached hydrogens (primary N) is 1. The van der Waals surface area contributed by atoms with Crippen LogP contribution in [0.3, 0.4) is 0 Å². The predicted octanol–water partition coefficient (Wildman–Crippen LogP) is 3.96. The Balaban J connectivity index is 1.64. The Morgan fingerprint density at radius 1 is 1.17 bits per heavy atom. The highest BCUT2D eigenvalue weighted by Gasteiger charge is 2.34. The van der Waals surface area contributed by atoms with E-state index in [1.165, 1.54) is 36.4 Å². The quantitative estimate of drug-likeness (QED) is 0.691. The number of primary sulfonamides is 1. The number of hydrogen-bond donors (Lipinski definition) is 1. The number of halogens is 3. The maximum atomic E-state index is 13.0. The van der Waals surface area contributed by atoms with Crippen molar-refractivity contribution >= 4 is 10.0 Å². The van der Waals surface area contributed by atoms with E-state index in [1.54, 1.807) is 6.07 Å². The first-order chi connectivity index (χ1) is 13.6. The third-order valence-electron chi connectivity index (χ3n) is 4.98. The van der Waals surface area contributed by atoms with Crippen LogP contribution >= 0.6 is 0 Å². The molecule has 5 nitrogen and oxygen atoms in total. The first-order valence-electron chi connectivity index (χ1n) is 9.24. The summed E-state index contributed by atoms with van der Waals surface area (Å²) in [6, 6.07) is 11.4. The Labute approximate surface area is 168 Å². The molecule has 0 aliphatic heterocycles. The lowest BCUT2D eigenvalue weighted by Crippen LogP contribution is -2.33. The number of benzene rings is 2. The van der Waals surface area contributed by atoms with E-state index in [0.29, 0.717) is 30.5 Å². The summed E-state index contributed by atoms with van der Waals surface area (Å²) < 4.78 is 67.3. The normalized spacial score (nSPS) is 16.1. The number of nitrogens with zero attached hydrogens (tertiary/aromatic N) is 1. The molecule has 2 aromatic rings. The smallest absolute Gasteiger partial charge is 0.416 e. The molecule has 0 heterocycles. The molecule has 9 heteroatoms. The van der Waals surface area contributed by atoms with Gasteiger partial charge in [0.25, 0.3) is 0 Å². The van der Waals surface area contributed by atoms with Crippen molar-refractivity contribution in [1.82, 2.24) is 4.90 Å². The lowest BCUT2D eigenvalue weighted by Gasteiger charge is -2.30. The van der Waals surface area contributed by atoms with E-state index >= 15 is 0 Å². The highest BCUT2D eigenvalue weighted by Crippen LogP contribution is 2.36. The average molecular weight is 428 g/mol. The highest BCUT2D eigenvalue weighted by atomic mass is 32.2. The minimum absolute atomic E-state index is 0.00243. The molecule has 1 aliphatic rings. The largest absolute Gasteiger partial charge is 0.492 e. The van der Waals surface area contributed by atoms with Gasteiger partial charge in [0.1, 0.15) is 12.4 Å². The van der Waals surface area contributed by atoms with E-state index < -0.39 is 21.8 Å². The first-order valence-corrected chi connectivity index (χ1v) is 10.8. The molecule has 1 atom stereocenters. The second-order valence-electron chi connectivity index (χ2n) is 7.13. The van der Waals surface area contributed by atoms with Gasteiger partial charge in [-0.15, -0.1) is 0 Å². The van der Waals surface area contributed by atoms with Crippen LogP contribution in [0.15, 0.2) is 53.4 Å². The summed E-state index contributed by atoms with van der Waals surface area (Å²) in [7, 11) is -3.76. The van der Waals surface area contributed by atoms with Crippen LogP contribution in [0.4, 0.5) is 13.2 Å². The van der Waals surface area contributed by atoms with Gasteiger partial charge in [-0.25, -0.2) is 13.6 Å². The van der Waals surface area contributed by atoms with Crippen LogP contribution in [-0.2, 0) is 16.2 Å². The molecule has 0 radical (unpaired) electrons. The van der Waals surface area contributed by atoms with E-state index in [-0.39, 0.29) is 10.9 Å². The van der Waals surface area contributed by atoms with Crippen LogP contribution < -0.4 is 9.88 Å². The molecular formula is C20H23F3N2O3S. The van der Waals surface area contributed by atoms with Crippen LogP contribution in [0, 0.1) is 0 Å². The Morgan fingerprint density at radius 2 is 1.83 bits per heavy atom. The van der Waals surface area contributed by atoms with Gasteiger partial charge in [-0.05, 0) is 61.7 Å². The third-order valence-corrected chi connectivity index (χ3v) is 5.91. The number of ether oxygens (including phenoxy) is 1. The third kappa shape index (κ3) is 5.71. The Hall–Kier alpha value is -2.10. The molecule has 0 aromatic heterocycles. The van der Waals surface area contributed by atoms with E-state index in [4.69, 9.17) is 9.88 Å². The SMILES string of the molecule is CC(c1cccc(C(F)(F)F)c1)N(CCOc1ccc(S(N)(=O)=O)cc1)C1CC1. The summed E-state index contributed by atoms with van der Waals surface area (Å²) in [5.41, 5.74) is -0.0342. The zero-order valence-electron chi connectivity index (χ0n) is 15.9. The summed E-state index contributed by atoms with van der Waals surface area (Å²) >= 11 is 0. The van der Waals surface area contributed by atoms with Gasteiger partial charge in [-0.3, -0.25) is 4.90 Å². The molecule has 158 valence electrons. The standard InChI is InChI=1S/C20H23F3N2O3S/c1-14(15-3-2-4-16(13-15)20(21,22)23)25(17-5-6-17)11-12-28-18-7-9-19(10-8-18)29(24,26)27/h2-4,7-10,13-14,17H,5-6,11-12H2,1H3,(H2,24,26,27). The summed E-state index contributed by atoms with van der Waals surface area (Å²) in [6.07, 6.45) is -2.36. The number of hydrogen-bond acceptors (Lipinski definition) is 4. The molecule has 2 aromatic carbocycles. The van der Waals surface area contributed by atoms with Gasteiger partial charge in [-0.2, -0.15) is 13.2 Å². The predicted molar refractivity (Wildman–Crippen MR) is 103 cm³/mol. The van der Waals surface area contributed by atoms with Gasteiger partial charge in [-0.1, -0.05) is 12.1 Å². The van der Waals surface area contributed by atoms with Crippen LogP contribution in [0.2, 0.25) is 0 Å². The molecule has 1 unspecified atom stereocenters. The van der Waals surface area contributed by atoms with Crippen LogP contribution in [0.5, 0.6) is 5.75 Å². The highest BCUT2D eigenvalue weighted by molar-refractivity contribution is 7.89. The van der Waals surface area contributed by atoms with Crippen molar-refractivity contribution in [3.8, 4) is 5.75 Å². The van der Waals surface area contributed by atoms with E-state index in [2.05, 4.69) is 4.90 Å². The maximum Gasteiger partial charge on any atom is 0.416 e. The molecule has 0 saturated heterocycles. The summed E-state index contributed by atoms with van der Waals surface area (Å²) in [5, 5.41) is 5.07. The maximum absolute atomic E-state index is 13.0. The van der Waals surface area contributed by atoms with Crippen molar-refractivity contribution in [1.29, 1.82) is 0 Å². The van der Waals surface area contributed by atoms with Crippen molar-refractivity contribution in [3.63, 3.8) is 0 Å². The van der Waals surface area contributed by atoms with Gasteiger partial charge in [0, 0.05) is 18.6 Å². The van der Waals surface area contributed by atoms with Crippen molar-refractivity contribution < 1.29 is 26.3 Å². The lowest BCUT2D eigenvalue weighted by molar-refractivity contribution is -0.137. The fraction of sp³-hybridized carbons (Fsp3) is 0.400. The first kappa shape index (κ1) is 21.6. The van der Waals surface area contributed by atoms with Crippen molar-refractivity contribution in [3.05, 3.63) is 59.7 Å².